The van der Waals surface area contributed by atoms with Gasteiger partial charge in [-0.2, -0.15) is 0 Å². The molecule has 0 saturated carbocycles. The Kier molecular flexibility index (Phi) is 4.06. The second kappa shape index (κ2) is 5.35. The summed E-state index contributed by atoms with van der Waals surface area (Å²) in [6.45, 7) is 2.61. The summed E-state index contributed by atoms with van der Waals surface area (Å²) < 4.78 is 13.5. The van der Waals surface area contributed by atoms with Crippen molar-refractivity contribution < 1.29 is 4.39 Å². The SMILES string of the molecule is Fc1cc(Cl)ccc1CN1CCC(CCl)C1. The molecule has 0 N–H and O–H groups in total. The molecule has 1 heterocycles. The quantitative estimate of drug-likeness (QED) is 0.753. The summed E-state index contributed by atoms with van der Waals surface area (Å²) in [4.78, 5) is 2.24. The molecule has 1 aromatic rings. The Labute approximate surface area is 105 Å². The van der Waals surface area contributed by atoms with E-state index in [0.717, 1.165) is 19.5 Å². The third-order valence-electron chi connectivity index (χ3n) is 3.00. The molecule has 1 nitrogen and oxygen atoms in total. The Hall–Kier alpha value is -0.310. The minimum Gasteiger partial charge on any atom is -0.299 e. The molecule has 0 aromatic heterocycles. The Morgan fingerprint density at radius 3 is 2.88 bits per heavy atom. The van der Waals surface area contributed by atoms with Crippen molar-refractivity contribution in [1.29, 1.82) is 0 Å². The zero-order chi connectivity index (χ0) is 11.5. The maximum Gasteiger partial charge on any atom is 0.129 e. The van der Waals surface area contributed by atoms with Crippen molar-refractivity contribution in [3.63, 3.8) is 0 Å². The normalized spacial score (nSPS) is 21.6. The van der Waals surface area contributed by atoms with Gasteiger partial charge in [0.1, 0.15) is 5.82 Å². The van der Waals surface area contributed by atoms with E-state index in [1.807, 2.05) is 0 Å². The Morgan fingerprint density at radius 2 is 2.25 bits per heavy atom. The van der Waals surface area contributed by atoms with Gasteiger partial charge in [-0.25, -0.2) is 4.39 Å². The lowest BCUT2D eigenvalue weighted by Crippen LogP contribution is -2.21. The molecule has 4 heteroatoms. The van der Waals surface area contributed by atoms with Gasteiger partial charge in [0.25, 0.3) is 0 Å². The van der Waals surface area contributed by atoms with Crippen molar-refractivity contribution in [3.05, 3.63) is 34.6 Å². The van der Waals surface area contributed by atoms with Crippen molar-refractivity contribution in [3.8, 4) is 0 Å². The van der Waals surface area contributed by atoms with E-state index in [1.54, 1.807) is 12.1 Å². The maximum absolute atomic E-state index is 13.5. The summed E-state index contributed by atoms with van der Waals surface area (Å²) in [5, 5.41) is 0.446. The molecule has 0 amide bonds. The van der Waals surface area contributed by atoms with Crippen LogP contribution < -0.4 is 0 Å². The predicted octanol–water partition coefficient (Wildman–Crippen LogP) is 3.54. The van der Waals surface area contributed by atoms with Crippen LogP contribution in [0.3, 0.4) is 0 Å². The van der Waals surface area contributed by atoms with Crippen LogP contribution in [0.4, 0.5) is 4.39 Å². The van der Waals surface area contributed by atoms with Crippen LogP contribution in [-0.4, -0.2) is 23.9 Å². The lowest BCUT2D eigenvalue weighted by atomic mass is 10.1. The molecule has 88 valence electrons. The van der Waals surface area contributed by atoms with Crippen molar-refractivity contribution in [1.82, 2.24) is 4.90 Å². The van der Waals surface area contributed by atoms with Gasteiger partial charge in [0.2, 0.25) is 0 Å². The first kappa shape index (κ1) is 12.2. The molecule has 2 rings (SSSR count). The van der Waals surface area contributed by atoms with E-state index in [0.29, 0.717) is 28.9 Å². The van der Waals surface area contributed by atoms with Crippen LogP contribution in [0.1, 0.15) is 12.0 Å². The molecule has 0 radical (unpaired) electrons. The molecule has 0 spiro atoms. The highest BCUT2D eigenvalue weighted by molar-refractivity contribution is 6.30. The average Bonchev–Trinajstić information content (AvgIpc) is 2.70. The van der Waals surface area contributed by atoms with Crippen LogP contribution in [0.25, 0.3) is 0 Å². The minimum atomic E-state index is -0.221. The Balaban J connectivity index is 1.99. The average molecular weight is 262 g/mol. The number of halogens is 3. The van der Waals surface area contributed by atoms with Crippen LogP contribution in [0.5, 0.6) is 0 Å². The number of benzene rings is 1. The van der Waals surface area contributed by atoms with Gasteiger partial charge < -0.3 is 0 Å². The van der Waals surface area contributed by atoms with Crippen LogP contribution >= 0.6 is 23.2 Å². The second-order valence-corrected chi connectivity index (χ2v) is 5.02. The molecule has 1 aromatic carbocycles. The highest BCUT2D eigenvalue weighted by atomic mass is 35.5. The predicted molar refractivity (Wildman–Crippen MR) is 65.5 cm³/mol. The second-order valence-electron chi connectivity index (χ2n) is 4.28. The zero-order valence-electron chi connectivity index (χ0n) is 8.93. The topological polar surface area (TPSA) is 3.24 Å². The first-order valence-corrected chi connectivity index (χ1v) is 6.32. The summed E-state index contributed by atoms with van der Waals surface area (Å²) in [5.74, 6) is 1.03. The highest BCUT2D eigenvalue weighted by Crippen LogP contribution is 2.22. The Bertz CT molecular complexity index is 370. The largest absolute Gasteiger partial charge is 0.299 e. The monoisotopic (exact) mass is 261 g/mol. The number of hydrogen-bond acceptors (Lipinski definition) is 1. The van der Waals surface area contributed by atoms with E-state index < -0.39 is 0 Å². The molecule has 16 heavy (non-hydrogen) atoms. The van der Waals surface area contributed by atoms with Crippen molar-refractivity contribution in [2.75, 3.05) is 19.0 Å². The van der Waals surface area contributed by atoms with E-state index in [2.05, 4.69) is 4.90 Å². The lowest BCUT2D eigenvalue weighted by molar-refractivity contribution is 0.315. The first-order chi connectivity index (χ1) is 7.69. The van der Waals surface area contributed by atoms with Gasteiger partial charge in [-0.05, 0) is 31.0 Å². The molecule has 1 fully saturated rings. The van der Waals surface area contributed by atoms with Crippen LogP contribution in [0.15, 0.2) is 18.2 Å². The van der Waals surface area contributed by atoms with Crippen LogP contribution in [0.2, 0.25) is 5.02 Å². The molecule has 1 aliphatic heterocycles. The fraction of sp³-hybridized carbons (Fsp3) is 0.500. The van der Waals surface area contributed by atoms with E-state index in [-0.39, 0.29) is 5.82 Å². The summed E-state index contributed by atoms with van der Waals surface area (Å²) in [5.41, 5.74) is 0.708. The summed E-state index contributed by atoms with van der Waals surface area (Å²) in [7, 11) is 0. The van der Waals surface area contributed by atoms with Crippen LogP contribution in [-0.2, 0) is 6.54 Å². The van der Waals surface area contributed by atoms with Gasteiger partial charge in [0, 0.05) is 29.6 Å². The lowest BCUT2D eigenvalue weighted by Gasteiger charge is -2.16. The minimum absolute atomic E-state index is 0.221. The van der Waals surface area contributed by atoms with Crippen molar-refractivity contribution >= 4 is 23.2 Å². The Morgan fingerprint density at radius 1 is 1.44 bits per heavy atom. The first-order valence-electron chi connectivity index (χ1n) is 5.41. The molecule has 1 aliphatic rings. The maximum atomic E-state index is 13.5. The number of alkyl halides is 1. The molecule has 1 unspecified atom stereocenters. The third kappa shape index (κ3) is 2.88. The molecule has 1 atom stereocenters. The smallest absolute Gasteiger partial charge is 0.129 e. The third-order valence-corrected chi connectivity index (χ3v) is 3.67. The van der Waals surface area contributed by atoms with E-state index in [9.17, 15) is 4.39 Å². The van der Waals surface area contributed by atoms with E-state index in [1.165, 1.54) is 6.07 Å². The van der Waals surface area contributed by atoms with Gasteiger partial charge in [-0.3, -0.25) is 4.90 Å². The van der Waals surface area contributed by atoms with Gasteiger partial charge in [-0.1, -0.05) is 17.7 Å². The number of hydrogen-bond donors (Lipinski definition) is 0. The van der Waals surface area contributed by atoms with Crippen molar-refractivity contribution in [2.24, 2.45) is 5.92 Å². The molecule has 1 saturated heterocycles. The zero-order valence-corrected chi connectivity index (χ0v) is 10.4. The fourth-order valence-electron chi connectivity index (χ4n) is 2.07. The van der Waals surface area contributed by atoms with Gasteiger partial charge >= 0.3 is 0 Å². The van der Waals surface area contributed by atoms with Gasteiger partial charge in [0.15, 0.2) is 0 Å². The highest BCUT2D eigenvalue weighted by Gasteiger charge is 2.22. The van der Waals surface area contributed by atoms with Gasteiger partial charge in [0.05, 0.1) is 0 Å². The molecule has 0 bridgehead atoms. The molecular weight excluding hydrogens is 248 g/mol. The number of rotatable bonds is 3. The summed E-state index contributed by atoms with van der Waals surface area (Å²) in [6, 6.07) is 4.85. The van der Waals surface area contributed by atoms with Crippen molar-refractivity contribution in [2.45, 2.75) is 13.0 Å². The standard InChI is InChI=1S/C12H14Cl2FN/c13-6-9-3-4-16(7-9)8-10-1-2-11(14)5-12(10)15/h1-2,5,9H,3-4,6-8H2. The number of nitrogens with zero attached hydrogens (tertiary/aromatic N) is 1. The van der Waals surface area contributed by atoms with E-state index >= 15 is 0 Å². The number of likely N-dealkylation sites (tertiary alicyclic amines) is 1. The fourth-order valence-corrected chi connectivity index (χ4v) is 2.48. The summed E-state index contributed by atoms with van der Waals surface area (Å²) >= 11 is 11.5. The molecular formula is C12H14Cl2FN. The van der Waals surface area contributed by atoms with E-state index in [4.69, 9.17) is 23.2 Å². The van der Waals surface area contributed by atoms with Crippen LogP contribution in [0, 0.1) is 11.7 Å². The molecule has 0 aliphatic carbocycles. The summed E-state index contributed by atoms with van der Waals surface area (Å²) in [6.07, 6.45) is 1.11. The van der Waals surface area contributed by atoms with Gasteiger partial charge in [-0.15, -0.1) is 11.6 Å².